The lowest BCUT2D eigenvalue weighted by atomic mass is 9.79. The number of carboxylic acids is 1. The van der Waals surface area contributed by atoms with Crippen LogP contribution in [-0.4, -0.2) is 47.6 Å². The van der Waals surface area contributed by atoms with Crippen molar-refractivity contribution in [2.45, 2.75) is 56.9 Å². The third-order valence-electron chi connectivity index (χ3n) is 4.93. The van der Waals surface area contributed by atoms with Gasteiger partial charge in [-0.3, -0.25) is 9.59 Å². The molecule has 2 rings (SSSR count). The lowest BCUT2D eigenvalue weighted by Gasteiger charge is -2.37. The average molecular weight is 282 g/mol. The topological polar surface area (TPSA) is 69.6 Å². The molecule has 1 heterocycles. The van der Waals surface area contributed by atoms with Crippen LogP contribution >= 0.6 is 0 Å². The summed E-state index contributed by atoms with van der Waals surface area (Å²) in [5.74, 6) is -0.439. The Bertz CT molecular complexity index is 364. The first-order chi connectivity index (χ1) is 9.54. The lowest BCUT2D eigenvalue weighted by Crippen LogP contribution is -2.48. The van der Waals surface area contributed by atoms with Gasteiger partial charge in [0.2, 0.25) is 5.91 Å². The SMILES string of the molecule is CNC1(CC(=O)N2CCC(CC(=O)O)C2)CCCCC1. The molecule has 1 aliphatic carbocycles. The molecule has 2 fully saturated rings. The van der Waals surface area contributed by atoms with Crippen LogP contribution in [0.5, 0.6) is 0 Å². The Morgan fingerprint density at radius 3 is 2.60 bits per heavy atom. The van der Waals surface area contributed by atoms with Gasteiger partial charge in [0.15, 0.2) is 0 Å². The van der Waals surface area contributed by atoms with Crippen LogP contribution in [0.2, 0.25) is 0 Å². The molecule has 2 aliphatic rings. The molecule has 5 nitrogen and oxygen atoms in total. The van der Waals surface area contributed by atoms with Gasteiger partial charge in [-0.05, 0) is 32.2 Å². The molecule has 114 valence electrons. The molecule has 1 amide bonds. The van der Waals surface area contributed by atoms with Crippen molar-refractivity contribution in [1.82, 2.24) is 10.2 Å². The van der Waals surface area contributed by atoms with Crippen molar-refractivity contribution in [3.8, 4) is 0 Å². The molecular formula is C15H26N2O3. The van der Waals surface area contributed by atoms with Gasteiger partial charge in [0.1, 0.15) is 0 Å². The van der Waals surface area contributed by atoms with Crippen molar-refractivity contribution in [1.29, 1.82) is 0 Å². The highest BCUT2D eigenvalue weighted by Gasteiger charge is 2.36. The van der Waals surface area contributed by atoms with E-state index in [9.17, 15) is 9.59 Å². The van der Waals surface area contributed by atoms with Crippen LogP contribution in [0.1, 0.15) is 51.4 Å². The summed E-state index contributed by atoms with van der Waals surface area (Å²) in [6.07, 6.45) is 7.35. The molecule has 1 saturated carbocycles. The number of rotatable bonds is 5. The molecule has 0 radical (unpaired) electrons. The van der Waals surface area contributed by atoms with E-state index in [1.54, 1.807) is 0 Å². The summed E-state index contributed by atoms with van der Waals surface area (Å²) in [4.78, 5) is 25.0. The number of hydrogen-bond acceptors (Lipinski definition) is 3. The predicted octanol–water partition coefficient (Wildman–Crippen LogP) is 1.62. The average Bonchev–Trinajstić information content (AvgIpc) is 2.87. The van der Waals surface area contributed by atoms with E-state index >= 15 is 0 Å². The smallest absolute Gasteiger partial charge is 0.303 e. The molecule has 2 N–H and O–H groups in total. The molecule has 1 atom stereocenters. The Balaban J connectivity index is 1.87. The Hall–Kier alpha value is -1.10. The van der Waals surface area contributed by atoms with Crippen LogP contribution in [0.15, 0.2) is 0 Å². The number of nitrogens with one attached hydrogen (secondary N) is 1. The third-order valence-corrected chi connectivity index (χ3v) is 4.93. The first-order valence-corrected chi connectivity index (χ1v) is 7.73. The van der Waals surface area contributed by atoms with E-state index in [1.165, 1.54) is 19.3 Å². The van der Waals surface area contributed by atoms with E-state index in [0.29, 0.717) is 13.0 Å². The highest BCUT2D eigenvalue weighted by atomic mass is 16.4. The highest BCUT2D eigenvalue weighted by molar-refractivity contribution is 5.78. The second-order valence-electron chi connectivity index (χ2n) is 6.36. The second-order valence-corrected chi connectivity index (χ2v) is 6.36. The fourth-order valence-corrected chi connectivity index (χ4v) is 3.62. The molecule has 0 spiro atoms. The van der Waals surface area contributed by atoms with E-state index in [4.69, 9.17) is 5.11 Å². The second kappa shape index (κ2) is 6.57. The summed E-state index contributed by atoms with van der Waals surface area (Å²) >= 11 is 0. The summed E-state index contributed by atoms with van der Waals surface area (Å²) in [5, 5.41) is 12.2. The van der Waals surface area contributed by atoms with Gasteiger partial charge in [-0.2, -0.15) is 0 Å². The molecular weight excluding hydrogens is 256 g/mol. The van der Waals surface area contributed by atoms with E-state index < -0.39 is 5.97 Å². The number of carboxylic acid groups (broad SMARTS) is 1. The Morgan fingerprint density at radius 2 is 2.00 bits per heavy atom. The molecule has 5 heteroatoms. The molecule has 1 saturated heterocycles. The summed E-state index contributed by atoms with van der Waals surface area (Å²) < 4.78 is 0. The molecule has 1 unspecified atom stereocenters. The number of carbonyl (C=O) groups excluding carboxylic acids is 1. The van der Waals surface area contributed by atoms with Crippen LogP contribution in [0.4, 0.5) is 0 Å². The molecule has 0 aromatic rings. The van der Waals surface area contributed by atoms with Crippen LogP contribution in [0.3, 0.4) is 0 Å². The largest absolute Gasteiger partial charge is 0.481 e. The van der Waals surface area contributed by atoms with E-state index in [2.05, 4.69) is 5.32 Å². The molecule has 0 bridgehead atoms. The summed E-state index contributed by atoms with van der Waals surface area (Å²) in [7, 11) is 1.95. The maximum atomic E-state index is 12.4. The number of carbonyl (C=O) groups is 2. The maximum Gasteiger partial charge on any atom is 0.303 e. The summed E-state index contributed by atoms with van der Waals surface area (Å²) in [5.41, 5.74) is -0.0276. The van der Waals surface area contributed by atoms with Gasteiger partial charge in [-0.1, -0.05) is 19.3 Å². The molecule has 1 aliphatic heterocycles. The monoisotopic (exact) mass is 282 g/mol. The Labute approximate surface area is 120 Å². The third kappa shape index (κ3) is 3.72. The maximum absolute atomic E-state index is 12.4. The van der Waals surface area contributed by atoms with Crippen LogP contribution < -0.4 is 5.32 Å². The number of hydrogen-bond donors (Lipinski definition) is 2. The fourth-order valence-electron chi connectivity index (χ4n) is 3.62. The van der Waals surface area contributed by atoms with Gasteiger partial charge in [0, 0.05) is 31.5 Å². The minimum atomic E-state index is -0.761. The van der Waals surface area contributed by atoms with Gasteiger partial charge in [-0.15, -0.1) is 0 Å². The van der Waals surface area contributed by atoms with Crippen molar-refractivity contribution < 1.29 is 14.7 Å². The summed E-state index contributed by atoms with van der Waals surface area (Å²) in [6, 6.07) is 0. The van der Waals surface area contributed by atoms with Gasteiger partial charge in [0.05, 0.1) is 0 Å². The number of nitrogens with zero attached hydrogens (tertiary/aromatic N) is 1. The first-order valence-electron chi connectivity index (χ1n) is 7.73. The van der Waals surface area contributed by atoms with Crippen molar-refractivity contribution >= 4 is 11.9 Å². The zero-order valence-corrected chi connectivity index (χ0v) is 12.4. The quantitative estimate of drug-likeness (QED) is 0.804. The number of amides is 1. The molecule has 0 aromatic carbocycles. The fraction of sp³-hybridized carbons (Fsp3) is 0.867. The van der Waals surface area contributed by atoms with Crippen molar-refractivity contribution in [3.05, 3.63) is 0 Å². The Kier molecular flexibility index (Phi) is 5.02. The van der Waals surface area contributed by atoms with Crippen LogP contribution in [-0.2, 0) is 9.59 Å². The summed E-state index contributed by atoms with van der Waals surface area (Å²) in [6.45, 7) is 1.33. The van der Waals surface area contributed by atoms with Gasteiger partial charge in [0.25, 0.3) is 0 Å². The minimum Gasteiger partial charge on any atom is -0.481 e. The molecule has 20 heavy (non-hydrogen) atoms. The zero-order valence-electron chi connectivity index (χ0n) is 12.4. The van der Waals surface area contributed by atoms with E-state index in [1.807, 2.05) is 11.9 Å². The highest BCUT2D eigenvalue weighted by Crippen LogP contribution is 2.32. The van der Waals surface area contributed by atoms with Crippen molar-refractivity contribution in [3.63, 3.8) is 0 Å². The predicted molar refractivity (Wildman–Crippen MR) is 76.4 cm³/mol. The lowest BCUT2D eigenvalue weighted by molar-refractivity contribution is -0.138. The number of aliphatic carboxylic acids is 1. The minimum absolute atomic E-state index is 0.0276. The van der Waals surface area contributed by atoms with Crippen LogP contribution in [0.25, 0.3) is 0 Å². The van der Waals surface area contributed by atoms with Gasteiger partial charge in [-0.25, -0.2) is 0 Å². The van der Waals surface area contributed by atoms with E-state index in [0.717, 1.165) is 25.8 Å². The molecule has 0 aromatic heterocycles. The number of likely N-dealkylation sites (tertiary alicyclic amines) is 1. The first kappa shape index (κ1) is 15.3. The van der Waals surface area contributed by atoms with Crippen LogP contribution in [0, 0.1) is 5.92 Å². The normalized spacial score (nSPS) is 25.6. The standard InChI is InChI=1S/C15H26N2O3/c1-16-15(6-3-2-4-7-15)10-13(18)17-8-5-12(11-17)9-14(19)20/h12,16H,2-11H2,1H3,(H,19,20). The van der Waals surface area contributed by atoms with Gasteiger partial charge < -0.3 is 15.3 Å². The Morgan fingerprint density at radius 1 is 1.30 bits per heavy atom. The van der Waals surface area contributed by atoms with Crippen molar-refractivity contribution in [2.24, 2.45) is 5.92 Å². The van der Waals surface area contributed by atoms with Gasteiger partial charge >= 0.3 is 5.97 Å². The van der Waals surface area contributed by atoms with E-state index in [-0.39, 0.29) is 23.8 Å². The van der Waals surface area contributed by atoms with Crippen molar-refractivity contribution in [2.75, 3.05) is 20.1 Å². The zero-order chi connectivity index (χ0) is 14.6.